The Kier molecular flexibility index (Phi) is 10.1. The van der Waals surface area contributed by atoms with Crippen LogP contribution in [0.15, 0.2) is 54.6 Å². The quantitative estimate of drug-likeness (QED) is 0.205. The summed E-state index contributed by atoms with van der Waals surface area (Å²) in [5, 5.41) is 11.4. The summed E-state index contributed by atoms with van der Waals surface area (Å²) in [6, 6.07) is 13.2. The number of esters is 2. The predicted octanol–water partition coefficient (Wildman–Crippen LogP) is 7.67. The highest BCUT2D eigenvalue weighted by molar-refractivity contribution is 6.31. The molecule has 0 unspecified atom stereocenters. The fourth-order valence-corrected chi connectivity index (χ4v) is 8.68. The van der Waals surface area contributed by atoms with Crippen molar-refractivity contribution in [2.75, 3.05) is 25.7 Å². The molecule has 6 rings (SSSR count). The summed E-state index contributed by atoms with van der Waals surface area (Å²) in [4.78, 5) is 44.5. The summed E-state index contributed by atoms with van der Waals surface area (Å²) >= 11 is 12.6. The molecule has 3 aliphatic rings. The molecule has 1 aliphatic carbocycles. The third kappa shape index (κ3) is 6.08. The smallest absolute Gasteiger partial charge is 0.337 e. The van der Waals surface area contributed by atoms with Gasteiger partial charge in [0.1, 0.15) is 28.8 Å². The van der Waals surface area contributed by atoms with Gasteiger partial charge >= 0.3 is 11.9 Å². The molecule has 3 aromatic carbocycles. The maximum Gasteiger partial charge on any atom is 0.337 e. The summed E-state index contributed by atoms with van der Waals surface area (Å²) in [5.74, 6) is -5.41. The Labute approximate surface area is 311 Å². The van der Waals surface area contributed by atoms with E-state index in [1.807, 2.05) is 25.7 Å². The molecular formula is C39H39Cl2F2N3O6. The van der Waals surface area contributed by atoms with E-state index in [1.165, 1.54) is 61.6 Å². The van der Waals surface area contributed by atoms with Gasteiger partial charge in [0.05, 0.1) is 55.3 Å². The molecule has 9 nitrogen and oxygen atoms in total. The van der Waals surface area contributed by atoms with Gasteiger partial charge in [-0.3, -0.25) is 19.4 Å². The molecule has 2 heterocycles. The molecule has 0 N–H and O–H groups in total. The van der Waals surface area contributed by atoms with Gasteiger partial charge in [-0.15, -0.1) is 0 Å². The van der Waals surface area contributed by atoms with Crippen LogP contribution in [-0.4, -0.2) is 61.8 Å². The number of amides is 1. The maximum atomic E-state index is 16.5. The number of benzene rings is 3. The fourth-order valence-electron chi connectivity index (χ4n) is 8.34. The summed E-state index contributed by atoms with van der Waals surface area (Å²) in [6.45, 7) is 7.76. The van der Waals surface area contributed by atoms with Crippen LogP contribution < -0.4 is 9.64 Å². The zero-order chi connectivity index (χ0) is 37.9. The highest BCUT2D eigenvalue weighted by Crippen LogP contribution is 2.63. The average molecular weight is 755 g/mol. The first-order valence-electron chi connectivity index (χ1n) is 17.0. The van der Waals surface area contributed by atoms with Crippen molar-refractivity contribution in [2.45, 2.75) is 70.1 Å². The van der Waals surface area contributed by atoms with Crippen molar-refractivity contribution in [3.63, 3.8) is 0 Å². The van der Waals surface area contributed by atoms with Gasteiger partial charge in [-0.05, 0) is 67.1 Å². The molecule has 52 heavy (non-hydrogen) atoms. The van der Waals surface area contributed by atoms with E-state index in [0.29, 0.717) is 6.42 Å². The molecule has 7 atom stereocenters. The van der Waals surface area contributed by atoms with Gasteiger partial charge < -0.3 is 14.2 Å². The van der Waals surface area contributed by atoms with Gasteiger partial charge in [0.2, 0.25) is 5.91 Å². The highest BCUT2D eigenvalue weighted by Gasteiger charge is 2.73. The maximum absolute atomic E-state index is 16.5. The minimum absolute atomic E-state index is 0.0329. The zero-order valence-electron chi connectivity index (χ0n) is 29.6. The third-order valence-corrected chi connectivity index (χ3v) is 11.0. The molecule has 0 bridgehead atoms. The second-order valence-electron chi connectivity index (χ2n) is 14.7. The van der Waals surface area contributed by atoms with Crippen LogP contribution in [0.1, 0.15) is 67.9 Å². The van der Waals surface area contributed by atoms with Crippen molar-refractivity contribution in [1.82, 2.24) is 4.90 Å². The Morgan fingerprint density at radius 3 is 2.42 bits per heavy atom. The number of hydrogen-bond donors (Lipinski definition) is 0. The molecule has 2 aliphatic heterocycles. The largest absolute Gasteiger partial charge is 0.495 e. The van der Waals surface area contributed by atoms with Gasteiger partial charge in [0.25, 0.3) is 0 Å². The lowest BCUT2D eigenvalue weighted by Gasteiger charge is -2.43. The van der Waals surface area contributed by atoms with E-state index in [4.69, 9.17) is 37.4 Å². The summed E-state index contributed by atoms with van der Waals surface area (Å²) in [7, 11) is 2.64. The van der Waals surface area contributed by atoms with E-state index in [0.717, 1.165) is 6.07 Å². The third-order valence-electron chi connectivity index (χ3n) is 10.4. The molecule has 0 aromatic heterocycles. The highest BCUT2D eigenvalue weighted by atomic mass is 35.5. The standard InChI is InChI=1S/C39H39Cl2F2N3O6/c1-7-52-37(49)24-17-23(24)34-45(28-14-11-20(36(48)51-6)15-29(28)50-5)35(47)33-31(22-9-8-10-26(41)32(22)43)39(19-44,25-13-12-21(40)16-27(25)42)30(46(33)34)18-38(2,3)4/h8-16,23-24,30-31,33-34H,7,17-18H2,1-6H3/t23-,24-,30+,31+,33-,34-,39+/m1/s1. The molecule has 0 spiro atoms. The number of anilines is 1. The average Bonchev–Trinajstić information content (AvgIpc) is 3.78. The topological polar surface area (TPSA) is 109 Å². The number of methoxy groups -OCH3 is 2. The number of nitriles is 1. The SMILES string of the molecule is CCOC(=O)[C@@H]1C[C@H]1[C@@H]1N(c2ccc(C(=O)OC)cc2OC)C(=O)[C@H]2[C@H](c3cccc(Cl)c3F)[C@@](C#N)(c3ccc(Cl)cc3F)[C@H](CC(C)(C)C)N12. The van der Waals surface area contributed by atoms with Crippen molar-refractivity contribution in [1.29, 1.82) is 5.26 Å². The predicted molar refractivity (Wildman–Crippen MR) is 190 cm³/mol. The first kappa shape index (κ1) is 37.5. The molecule has 13 heteroatoms. The molecule has 1 saturated carbocycles. The lowest BCUT2D eigenvalue weighted by Crippen LogP contribution is -2.53. The van der Waals surface area contributed by atoms with Crippen LogP contribution in [0.3, 0.4) is 0 Å². The Morgan fingerprint density at radius 2 is 1.81 bits per heavy atom. The Morgan fingerprint density at radius 1 is 1.08 bits per heavy atom. The van der Waals surface area contributed by atoms with Crippen LogP contribution >= 0.6 is 23.2 Å². The Balaban J connectivity index is 1.67. The van der Waals surface area contributed by atoms with Crippen molar-refractivity contribution in [3.8, 4) is 11.8 Å². The van der Waals surface area contributed by atoms with Gasteiger partial charge in [-0.1, -0.05) is 62.2 Å². The number of carbonyl (C=O) groups is 3. The normalized spacial score (nSPS) is 26.9. The molecule has 3 aromatic rings. The number of ether oxygens (including phenoxy) is 3. The van der Waals surface area contributed by atoms with Crippen molar-refractivity contribution >= 4 is 46.7 Å². The van der Waals surface area contributed by atoms with Gasteiger partial charge in [0.15, 0.2) is 0 Å². The first-order chi connectivity index (χ1) is 24.6. The zero-order valence-corrected chi connectivity index (χ0v) is 31.1. The lowest BCUT2D eigenvalue weighted by atomic mass is 9.62. The van der Waals surface area contributed by atoms with E-state index in [9.17, 15) is 14.9 Å². The fraction of sp³-hybridized carbons (Fsp3) is 0.436. The first-order valence-corrected chi connectivity index (χ1v) is 17.7. The molecule has 0 radical (unpaired) electrons. The van der Waals surface area contributed by atoms with E-state index in [1.54, 1.807) is 13.0 Å². The van der Waals surface area contributed by atoms with Crippen LogP contribution in [-0.2, 0) is 24.5 Å². The Bertz CT molecular complexity index is 1980. The van der Waals surface area contributed by atoms with Crippen LogP contribution in [0.2, 0.25) is 10.0 Å². The number of hydrogen-bond acceptors (Lipinski definition) is 8. The van der Waals surface area contributed by atoms with Gasteiger partial charge in [0, 0.05) is 28.5 Å². The lowest BCUT2D eigenvalue weighted by molar-refractivity contribution is -0.145. The summed E-state index contributed by atoms with van der Waals surface area (Å²) in [6.07, 6.45) is -0.288. The van der Waals surface area contributed by atoms with Gasteiger partial charge in [-0.2, -0.15) is 5.26 Å². The van der Waals surface area contributed by atoms with E-state index in [-0.39, 0.29) is 51.2 Å². The minimum Gasteiger partial charge on any atom is -0.495 e. The van der Waals surface area contributed by atoms with Crippen molar-refractivity contribution in [2.24, 2.45) is 17.3 Å². The van der Waals surface area contributed by atoms with Crippen LogP contribution in [0.4, 0.5) is 14.5 Å². The molecule has 2 saturated heterocycles. The van der Waals surface area contributed by atoms with Crippen LogP contribution in [0.25, 0.3) is 0 Å². The molecule has 1 amide bonds. The van der Waals surface area contributed by atoms with E-state index in [2.05, 4.69) is 6.07 Å². The van der Waals surface area contributed by atoms with Gasteiger partial charge in [-0.25, -0.2) is 13.6 Å². The second-order valence-corrected chi connectivity index (χ2v) is 15.5. The second kappa shape index (κ2) is 14.0. The van der Waals surface area contributed by atoms with Crippen molar-refractivity contribution in [3.05, 3.63) is 93.0 Å². The minimum atomic E-state index is -1.86. The summed E-state index contributed by atoms with van der Waals surface area (Å²) < 4.78 is 48.9. The number of halogens is 4. The monoisotopic (exact) mass is 753 g/mol. The number of nitrogens with zero attached hydrogens (tertiary/aromatic N) is 3. The van der Waals surface area contributed by atoms with E-state index >= 15 is 13.6 Å². The molecule has 274 valence electrons. The number of carbonyl (C=O) groups excluding carboxylic acids is 3. The molecular weight excluding hydrogens is 715 g/mol. The van der Waals surface area contributed by atoms with Crippen LogP contribution in [0.5, 0.6) is 5.75 Å². The number of rotatable bonds is 9. The van der Waals surface area contributed by atoms with E-state index < -0.39 is 76.3 Å². The summed E-state index contributed by atoms with van der Waals surface area (Å²) in [5.41, 5.74) is -1.97. The molecule has 3 fully saturated rings. The number of fused-ring (bicyclic) bond motifs is 1. The van der Waals surface area contributed by atoms with Crippen LogP contribution in [0, 0.1) is 40.2 Å². The Hall–Kier alpha value is -4.24. The van der Waals surface area contributed by atoms with Crippen molar-refractivity contribution < 1.29 is 37.4 Å².